The van der Waals surface area contributed by atoms with Gasteiger partial charge in [0.05, 0.1) is 18.6 Å². The lowest BCUT2D eigenvalue weighted by atomic mass is 10.2. The van der Waals surface area contributed by atoms with Crippen molar-refractivity contribution >= 4 is 17.2 Å². The monoisotopic (exact) mass is 226 g/mol. The van der Waals surface area contributed by atoms with Gasteiger partial charge in [0.15, 0.2) is 0 Å². The minimum absolute atomic E-state index is 0.0320. The molecule has 1 aromatic rings. The number of amides is 1. The van der Waals surface area contributed by atoms with E-state index in [-0.39, 0.29) is 18.4 Å². The second-order valence-electron chi connectivity index (χ2n) is 3.70. The van der Waals surface area contributed by atoms with E-state index in [2.05, 4.69) is 4.98 Å². The van der Waals surface area contributed by atoms with Gasteiger partial charge in [-0.25, -0.2) is 4.98 Å². The molecule has 4 nitrogen and oxygen atoms in total. The van der Waals surface area contributed by atoms with E-state index < -0.39 is 6.10 Å². The summed E-state index contributed by atoms with van der Waals surface area (Å²) < 4.78 is 0. The molecule has 5 heteroatoms. The number of β-amino-alcohol motifs (C(OH)–C–C–N with tert-alkyl or cyclic N) is 1. The first-order valence-electron chi connectivity index (χ1n) is 5.09. The van der Waals surface area contributed by atoms with Crippen LogP contribution in [0.1, 0.15) is 30.8 Å². The van der Waals surface area contributed by atoms with Crippen LogP contribution in [0.25, 0.3) is 0 Å². The molecule has 0 aromatic carbocycles. The Bertz CT molecular complexity index is 339. The van der Waals surface area contributed by atoms with E-state index in [0.717, 1.165) is 11.4 Å². The van der Waals surface area contributed by atoms with Crippen LogP contribution >= 0.6 is 11.3 Å². The summed E-state index contributed by atoms with van der Waals surface area (Å²) in [6, 6.07) is 0.0367. The number of likely N-dealkylation sites (tertiary alicyclic amines) is 1. The molecule has 2 atom stereocenters. The standard InChI is InChI=1S/C10H14N2O2S/c1-2-8(10-11-3-4-15-10)12-6-7(13)5-9(12)14/h3-4,7-8,13H,2,5-6H2,1H3. The Labute approximate surface area is 92.6 Å². The number of rotatable bonds is 3. The molecule has 1 aliphatic heterocycles. The highest BCUT2D eigenvalue weighted by molar-refractivity contribution is 7.09. The third-order valence-corrected chi connectivity index (χ3v) is 3.51. The summed E-state index contributed by atoms with van der Waals surface area (Å²) in [5, 5.41) is 12.3. The molecule has 0 aliphatic carbocycles. The molecule has 0 radical (unpaired) electrons. The van der Waals surface area contributed by atoms with Crippen LogP contribution in [-0.4, -0.2) is 33.5 Å². The van der Waals surface area contributed by atoms with Crippen molar-refractivity contribution in [1.29, 1.82) is 0 Å². The number of thiazole rings is 1. The second-order valence-corrected chi connectivity index (χ2v) is 4.62. The molecule has 1 aliphatic rings. The summed E-state index contributed by atoms with van der Waals surface area (Å²) in [4.78, 5) is 17.6. The maximum atomic E-state index is 11.6. The zero-order valence-corrected chi connectivity index (χ0v) is 9.41. The summed E-state index contributed by atoms with van der Waals surface area (Å²) in [5.74, 6) is 0.0320. The van der Waals surface area contributed by atoms with Crippen LogP contribution in [0.2, 0.25) is 0 Å². The molecule has 1 amide bonds. The Kier molecular flexibility index (Phi) is 3.02. The smallest absolute Gasteiger partial charge is 0.225 e. The summed E-state index contributed by atoms with van der Waals surface area (Å²) in [5.41, 5.74) is 0. The van der Waals surface area contributed by atoms with E-state index in [4.69, 9.17) is 0 Å². The van der Waals surface area contributed by atoms with E-state index >= 15 is 0 Å². The number of aromatic nitrogens is 1. The first-order chi connectivity index (χ1) is 7.22. The molecule has 1 fully saturated rings. The lowest BCUT2D eigenvalue weighted by Crippen LogP contribution is -2.30. The van der Waals surface area contributed by atoms with Gasteiger partial charge in [-0.1, -0.05) is 6.92 Å². The Balaban J connectivity index is 2.17. The van der Waals surface area contributed by atoms with Crippen molar-refractivity contribution in [1.82, 2.24) is 9.88 Å². The molecular formula is C10H14N2O2S. The number of carbonyl (C=O) groups excluding carboxylic acids is 1. The molecule has 1 N–H and O–H groups in total. The van der Waals surface area contributed by atoms with Crippen LogP contribution in [0.5, 0.6) is 0 Å². The predicted octanol–water partition coefficient (Wildman–Crippen LogP) is 1.19. The molecule has 2 rings (SSSR count). The number of aliphatic hydroxyl groups excluding tert-OH is 1. The molecule has 2 unspecified atom stereocenters. The van der Waals surface area contributed by atoms with Gasteiger partial charge in [0.25, 0.3) is 0 Å². The summed E-state index contributed by atoms with van der Waals surface area (Å²) in [7, 11) is 0. The Morgan fingerprint density at radius 2 is 2.60 bits per heavy atom. The third-order valence-electron chi connectivity index (χ3n) is 2.64. The predicted molar refractivity (Wildman–Crippen MR) is 57.5 cm³/mol. The Morgan fingerprint density at radius 3 is 3.07 bits per heavy atom. The molecule has 1 aromatic heterocycles. The SMILES string of the molecule is CCC(c1nccs1)N1CC(O)CC1=O. The van der Waals surface area contributed by atoms with Crippen LogP contribution < -0.4 is 0 Å². The topological polar surface area (TPSA) is 53.4 Å². The number of nitrogens with zero attached hydrogens (tertiary/aromatic N) is 2. The number of aliphatic hydroxyl groups is 1. The summed E-state index contributed by atoms with van der Waals surface area (Å²) in [6.07, 6.45) is 2.33. The van der Waals surface area contributed by atoms with Crippen molar-refractivity contribution in [3.05, 3.63) is 16.6 Å². The molecule has 2 heterocycles. The maximum Gasteiger partial charge on any atom is 0.225 e. The zero-order valence-electron chi connectivity index (χ0n) is 8.59. The zero-order chi connectivity index (χ0) is 10.8. The largest absolute Gasteiger partial charge is 0.391 e. The first-order valence-corrected chi connectivity index (χ1v) is 5.97. The van der Waals surface area contributed by atoms with E-state index in [1.165, 1.54) is 0 Å². The average Bonchev–Trinajstić information content (AvgIpc) is 2.79. The summed E-state index contributed by atoms with van der Waals surface area (Å²) >= 11 is 1.56. The lowest BCUT2D eigenvalue weighted by molar-refractivity contribution is -0.129. The molecule has 1 saturated heterocycles. The van der Waals surface area contributed by atoms with E-state index in [9.17, 15) is 9.90 Å². The summed E-state index contributed by atoms with van der Waals surface area (Å²) in [6.45, 7) is 2.47. The van der Waals surface area contributed by atoms with Crippen molar-refractivity contribution in [2.24, 2.45) is 0 Å². The molecule has 15 heavy (non-hydrogen) atoms. The van der Waals surface area contributed by atoms with Crippen molar-refractivity contribution < 1.29 is 9.90 Å². The highest BCUT2D eigenvalue weighted by Crippen LogP contribution is 2.29. The van der Waals surface area contributed by atoms with Crippen molar-refractivity contribution in [2.75, 3.05) is 6.54 Å². The van der Waals surface area contributed by atoms with Crippen LogP contribution in [0.4, 0.5) is 0 Å². The van der Waals surface area contributed by atoms with E-state index in [1.807, 2.05) is 12.3 Å². The van der Waals surface area contributed by atoms with E-state index in [0.29, 0.717) is 6.54 Å². The minimum atomic E-state index is -0.508. The third kappa shape index (κ3) is 2.03. The Morgan fingerprint density at radius 1 is 1.80 bits per heavy atom. The number of hydrogen-bond acceptors (Lipinski definition) is 4. The van der Waals surface area contributed by atoms with Crippen LogP contribution in [0.15, 0.2) is 11.6 Å². The van der Waals surface area contributed by atoms with Gasteiger partial charge in [-0.3, -0.25) is 4.79 Å². The highest BCUT2D eigenvalue weighted by Gasteiger charge is 2.34. The fourth-order valence-corrected chi connectivity index (χ4v) is 2.77. The lowest BCUT2D eigenvalue weighted by Gasteiger charge is -2.24. The van der Waals surface area contributed by atoms with Crippen molar-refractivity contribution in [2.45, 2.75) is 31.9 Å². The van der Waals surface area contributed by atoms with Crippen molar-refractivity contribution in [3.63, 3.8) is 0 Å². The first kappa shape index (κ1) is 10.6. The molecule has 82 valence electrons. The average molecular weight is 226 g/mol. The van der Waals surface area contributed by atoms with Crippen LogP contribution in [-0.2, 0) is 4.79 Å². The Hall–Kier alpha value is -0.940. The fraction of sp³-hybridized carbons (Fsp3) is 0.600. The van der Waals surface area contributed by atoms with Gasteiger partial charge in [-0.05, 0) is 6.42 Å². The van der Waals surface area contributed by atoms with Gasteiger partial charge in [-0.15, -0.1) is 11.3 Å². The van der Waals surface area contributed by atoms with Gasteiger partial charge >= 0.3 is 0 Å². The maximum absolute atomic E-state index is 11.6. The normalized spacial score (nSPS) is 23.5. The number of carbonyl (C=O) groups is 1. The van der Waals surface area contributed by atoms with Gasteiger partial charge in [0, 0.05) is 18.1 Å². The van der Waals surface area contributed by atoms with Gasteiger partial charge in [-0.2, -0.15) is 0 Å². The molecular weight excluding hydrogens is 212 g/mol. The second kappa shape index (κ2) is 4.28. The van der Waals surface area contributed by atoms with Gasteiger partial charge in [0.1, 0.15) is 5.01 Å². The molecule has 0 spiro atoms. The minimum Gasteiger partial charge on any atom is -0.391 e. The van der Waals surface area contributed by atoms with Crippen molar-refractivity contribution in [3.8, 4) is 0 Å². The molecule has 0 saturated carbocycles. The molecule has 0 bridgehead atoms. The van der Waals surface area contributed by atoms with Gasteiger partial charge < -0.3 is 10.0 Å². The van der Waals surface area contributed by atoms with Crippen LogP contribution in [0, 0.1) is 0 Å². The quantitative estimate of drug-likeness (QED) is 0.842. The fourth-order valence-electron chi connectivity index (χ4n) is 1.94. The van der Waals surface area contributed by atoms with Crippen LogP contribution in [0.3, 0.4) is 0 Å². The van der Waals surface area contributed by atoms with E-state index in [1.54, 1.807) is 22.4 Å². The van der Waals surface area contributed by atoms with Gasteiger partial charge in [0.2, 0.25) is 5.91 Å². The highest BCUT2D eigenvalue weighted by atomic mass is 32.1. The number of hydrogen-bond donors (Lipinski definition) is 1.